The van der Waals surface area contributed by atoms with E-state index in [0.717, 1.165) is 23.7 Å². The Kier molecular flexibility index (Phi) is 4.37. The molecule has 0 heterocycles. The molecule has 17 heavy (non-hydrogen) atoms. The number of nitrogens with two attached hydrogens (primary N) is 1. The molecule has 0 amide bonds. The minimum Gasteiger partial charge on any atom is -0.389 e. The Balaban J connectivity index is 1.84. The lowest BCUT2D eigenvalue weighted by Crippen LogP contribution is -2.17. The molecular formula is C14H20N2S. The van der Waals surface area contributed by atoms with Crippen LogP contribution in [0.2, 0.25) is 0 Å². The van der Waals surface area contributed by atoms with Crippen molar-refractivity contribution in [1.29, 1.82) is 0 Å². The number of hydrogen-bond donors (Lipinski definition) is 2. The lowest BCUT2D eigenvalue weighted by atomic mass is 9.89. The van der Waals surface area contributed by atoms with Crippen LogP contribution in [0.1, 0.15) is 37.7 Å². The van der Waals surface area contributed by atoms with Gasteiger partial charge in [-0.3, -0.25) is 0 Å². The van der Waals surface area contributed by atoms with Crippen molar-refractivity contribution >= 4 is 22.9 Å². The average molecular weight is 248 g/mol. The maximum absolute atomic E-state index is 5.57. The summed E-state index contributed by atoms with van der Waals surface area (Å²) in [6, 6.07) is 8.06. The lowest BCUT2D eigenvalue weighted by molar-refractivity contribution is 0.373. The van der Waals surface area contributed by atoms with Crippen molar-refractivity contribution in [2.75, 3.05) is 11.9 Å². The van der Waals surface area contributed by atoms with Gasteiger partial charge in [0.05, 0.1) is 0 Å². The van der Waals surface area contributed by atoms with E-state index in [1.165, 1.54) is 32.1 Å². The third-order valence-corrected chi connectivity index (χ3v) is 3.72. The number of hydrogen-bond acceptors (Lipinski definition) is 2. The first-order valence-electron chi connectivity index (χ1n) is 6.39. The molecule has 0 spiro atoms. The zero-order valence-corrected chi connectivity index (χ0v) is 10.9. The van der Waals surface area contributed by atoms with E-state index in [4.69, 9.17) is 18.0 Å². The Labute approximate surface area is 109 Å². The van der Waals surface area contributed by atoms with E-state index in [2.05, 4.69) is 17.4 Å². The van der Waals surface area contributed by atoms with Crippen LogP contribution >= 0.6 is 12.2 Å². The van der Waals surface area contributed by atoms with Crippen LogP contribution < -0.4 is 11.1 Å². The summed E-state index contributed by atoms with van der Waals surface area (Å²) in [4.78, 5) is 0.462. The topological polar surface area (TPSA) is 38.0 Å². The predicted octanol–water partition coefficient (Wildman–Crippen LogP) is 3.31. The fourth-order valence-corrected chi connectivity index (χ4v) is 2.54. The highest BCUT2D eigenvalue weighted by Gasteiger charge is 2.12. The summed E-state index contributed by atoms with van der Waals surface area (Å²) >= 11 is 4.93. The van der Waals surface area contributed by atoms with Gasteiger partial charge in [0.2, 0.25) is 0 Å². The van der Waals surface area contributed by atoms with Crippen LogP contribution in [0.4, 0.5) is 5.69 Å². The van der Waals surface area contributed by atoms with E-state index in [1.54, 1.807) is 0 Å². The van der Waals surface area contributed by atoms with Gasteiger partial charge in [0.25, 0.3) is 0 Å². The largest absolute Gasteiger partial charge is 0.389 e. The van der Waals surface area contributed by atoms with Gasteiger partial charge in [0.1, 0.15) is 4.99 Å². The van der Waals surface area contributed by atoms with Crippen LogP contribution in [0.25, 0.3) is 0 Å². The summed E-state index contributed by atoms with van der Waals surface area (Å²) in [5.41, 5.74) is 7.66. The van der Waals surface area contributed by atoms with E-state index < -0.39 is 0 Å². The number of thiocarbonyl (C=S) groups is 1. The molecule has 3 N–H and O–H groups in total. The minimum absolute atomic E-state index is 0.462. The van der Waals surface area contributed by atoms with Crippen molar-refractivity contribution in [3.05, 3.63) is 29.8 Å². The minimum atomic E-state index is 0.462. The molecule has 0 atom stereocenters. The molecule has 1 aromatic carbocycles. The lowest BCUT2D eigenvalue weighted by Gasteiger charge is -2.22. The zero-order valence-electron chi connectivity index (χ0n) is 10.1. The molecule has 92 valence electrons. The van der Waals surface area contributed by atoms with Gasteiger partial charge in [0.15, 0.2) is 0 Å². The first-order chi connectivity index (χ1) is 8.25. The molecule has 1 fully saturated rings. The number of nitrogens with one attached hydrogen (secondary N) is 1. The molecule has 2 rings (SSSR count). The zero-order chi connectivity index (χ0) is 12.1. The highest BCUT2D eigenvalue weighted by molar-refractivity contribution is 7.80. The van der Waals surface area contributed by atoms with E-state index in [-0.39, 0.29) is 0 Å². The van der Waals surface area contributed by atoms with E-state index in [0.29, 0.717) is 4.99 Å². The Bertz CT molecular complexity index is 366. The Morgan fingerprint density at radius 2 is 1.82 bits per heavy atom. The van der Waals surface area contributed by atoms with E-state index in [9.17, 15) is 0 Å². The molecule has 0 bridgehead atoms. The van der Waals surface area contributed by atoms with E-state index in [1.807, 2.05) is 12.1 Å². The third kappa shape index (κ3) is 3.70. The SMILES string of the molecule is NC(=S)c1ccc(NCC2CCCCC2)cc1. The molecule has 3 heteroatoms. The van der Waals surface area contributed by atoms with Crippen molar-refractivity contribution in [2.24, 2.45) is 11.7 Å². The number of anilines is 1. The molecule has 1 aliphatic carbocycles. The third-order valence-electron chi connectivity index (χ3n) is 3.49. The van der Waals surface area contributed by atoms with E-state index >= 15 is 0 Å². The van der Waals surface area contributed by atoms with Crippen LogP contribution in [0.3, 0.4) is 0 Å². The summed E-state index contributed by atoms with van der Waals surface area (Å²) in [5.74, 6) is 0.846. The predicted molar refractivity (Wildman–Crippen MR) is 77.4 cm³/mol. The average Bonchev–Trinajstić information content (AvgIpc) is 2.38. The fraction of sp³-hybridized carbons (Fsp3) is 0.500. The van der Waals surface area contributed by atoms with Gasteiger partial charge in [-0.25, -0.2) is 0 Å². The van der Waals surface area contributed by atoms with Gasteiger partial charge in [-0.05, 0) is 43.0 Å². The fourth-order valence-electron chi connectivity index (χ4n) is 2.41. The maximum Gasteiger partial charge on any atom is 0.103 e. The molecule has 0 radical (unpaired) electrons. The first-order valence-corrected chi connectivity index (χ1v) is 6.80. The second kappa shape index (κ2) is 6.01. The van der Waals surface area contributed by atoms with Gasteiger partial charge in [-0.15, -0.1) is 0 Å². The summed E-state index contributed by atoms with van der Waals surface area (Å²) in [6.45, 7) is 1.09. The first kappa shape index (κ1) is 12.4. The molecule has 0 aliphatic heterocycles. The highest BCUT2D eigenvalue weighted by atomic mass is 32.1. The molecule has 2 nitrogen and oxygen atoms in total. The Morgan fingerprint density at radius 3 is 2.41 bits per heavy atom. The van der Waals surface area contributed by atoms with Crippen LogP contribution in [-0.4, -0.2) is 11.5 Å². The van der Waals surface area contributed by atoms with Gasteiger partial charge in [-0.1, -0.05) is 31.5 Å². The standard InChI is InChI=1S/C14H20N2S/c15-14(17)12-6-8-13(9-7-12)16-10-11-4-2-1-3-5-11/h6-9,11,16H,1-5,10H2,(H2,15,17). The van der Waals surface area contributed by atoms with Gasteiger partial charge >= 0.3 is 0 Å². The highest BCUT2D eigenvalue weighted by Crippen LogP contribution is 2.24. The van der Waals surface area contributed by atoms with Crippen LogP contribution in [0.15, 0.2) is 24.3 Å². The van der Waals surface area contributed by atoms with Crippen LogP contribution in [-0.2, 0) is 0 Å². The van der Waals surface area contributed by atoms with Crippen molar-refractivity contribution in [3.63, 3.8) is 0 Å². The molecule has 1 saturated carbocycles. The van der Waals surface area contributed by atoms with Crippen LogP contribution in [0, 0.1) is 5.92 Å². The van der Waals surface area contributed by atoms with Crippen LogP contribution in [0.5, 0.6) is 0 Å². The molecular weight excluding hydrogens is 228 g/mol. The smallest absolute Gasteiger partial charge is 0.103 e. The van der Waals surface area contributed by atoms with Gasteiger partial charge in [-0.2, -0.15) is 0 Å². The molecule has 1 aromatic rings. The Morgan fingerprint density at radius 1 is 1.18 bits per heavy atom. The quantitative estimate of drug-likeness (QED) is 0.803. The van der Waals surface area contributed by atoms with Crippen molar-refractivity contribution in [3.8, 4) is 0 Å². The monoisotopic (exact) mass is 248 g/mol. The van der Waals surface area contributed by atoms with Gasteiger partial charge in [0, 0.05) is 17.8 Å². The second-order valence-corrected chi connectivity index (χ2v) is 5.27. The van der Waals surface area contributed by atoms with Crippen molar-refractivity contribution in [2.45, 2.75) is 32.1 Å². The van der Waals surface area contributed by atoms with Gasteiger partial charge < -0.3 is 11.1 Å². The summed E-state index contributed by atoms with van der Waals surface area (Å²) in [5, 5.41) is 3.50. The second-order valence-electron chi connectivity index (χ2n) is 4.83. The van der Waals surface area contributed by atoms with Crippen molar-refractivity contribution < 1.29 is 0 Å². The maximum atomic E-state index is 5.57. The summed E-state index contributed by atoms with van der Waals surface area (Å²) in [7, 11) is 0. The molecule has 1 aliphatic rings. The Hall–Kier alpha value is -1.09. The van der Waals surface area contributed by atoms with Crippen molar-refractivity contribution in [1.82, 2.24) is 0 Å². The number of benzene rings is 1. The normalized spacial score (nSPS) is 16.7. The molecule has 0 aromatic heterocycles. The molecule has 0 unspecified atom stereocenters. The summed E-state index contributed by atoms with van der Waals surface area (Å²) in [6.07, 6.45) is 6.95. The molecule has 0 saturated heterocycles. The number of rotatable bonds is 4. The summed E-state index contributed by atoms with van der Waals surface area (Å²) < 4.78 is 0.